The lowest BCUT2D eigenvalue weighted by molar-refractivity contribution is -0.606. The number of fused-ring (bicyclic) bond motifs is 2. The van der Waals surface area contributed by atoms with Crippen LogP contribution in [0.2, 0.25) is 0 Å². The molecule has 2 aliphatic heterocycles. The molecular weight excluding hydrogens is 362 g/mol. The van der Waals surface area contributed by atoms with E-state index in [1.165, 1.54) is 18.7 Å². The molecule has 3 aromatic heterocycles. The summed E-state index contributed by atoms with van der Waals surface area (Å²) in [5, 5.41) is 15.8. The topological polar surface area (TPSA) is 98.5 Å². The molecule has 0 spiro atoms. The van der Waals surface area contributed by atoms with Crippen molar-refractivity contribution in [1.29, 1.82) is 0 Å². The maximum Gasteiger partial charge on any atom is 0.272 e. The second kappa shape index (κ2) is 5.69. The molecule has 28 heavy (non-hydrogen) atoms. The molecule has 142 valence electrons. The van der Waals surface area contributed by atoms with Crippen LogP contribution in [0.1, 0.15) is 32.1 Å². The molecular formula is C19H17N5O4. The van der Waals surface area contributed by atoms with E-state index in [9.17, 15) is 14.8 Å². The molecule has 2 aliphatic rings. The van der Waals surface area contributed by atoms with Gasteiger partial charge in [0.25, 0.3) is 11.8 Å². The monoisotopic (exact) mass is 379 g/mol. The first kappa shape index (κ1) is 16.5. The fourth-order valence-corrected chi connectivity index (χ4v) is 4.28. The third kappa shape index (κ3) is 2.07. The Morgan fingerprint density at radius 1 is 1.32 bits per heavy atom. The van der Waals surface area contributed by atoms with Gasteiger partial charge in [-0.25, -0.2) is 0 Å². The summed E-state index contributed by atoms with van der Waals surface area (Å²) in [6.45, 7) is 2.74. The number of aryl methyl sites for hydroxylation is 1. The second-order valence-corrected chi connectivity index (χ2v) is 7.02. The summed E-state index contributed by atoms with van der Waals surface area (Å²) in [5.41, 5.74) is 0.874. The Kier molecular flexibility index (Phi) is 3.36. The summed E-state index contributed by atoms with van der Waals surface area (Å²) in [6, 6.07) is 6.96. The van der Waals surface area contributed by atoms with Gasteiger partial charge in [-0.1, -0.05) is 5.16 Å². The van der Waals surface area contributed by atoms with Crippen molar-refractivity contribution in [2.24, 2.45) is 0 Å². The van der Waals surface area contributed by atoms with Gasteiger partial charge in [0.1, 0.15) is 17.5 Å². The average molecular weight is 379 g/mol. The fraction of sp³-hybridized carbons (Fsp3) is 0.263. The summed E-state index contributed by atoms with van der Waals surface area (Å²) in [7, 11) is 0. The standard InChI is InChI=1S/C19H17N5O4/c1-13-15(11-28-20-13)17(25)23-8-9-24-18(26)16-5-3-6-21(16)12-19(23,24)14-4-2-7-22(27)10-14/h2-7,10-11H,8-9,12H2,1H3. The zero-order valence-electron chi connectivity index (χ0n) is 15.1. The Morgan fingerprint density at radius 2 is 2.18 bits per heavy atom. The van der Waals surface area contributed by atoms with Crippen LogP contribution >= 0.6 is 0 Å². The molecule has 2 amide bonds. The number of carbonyl (C=O) groups excluding carboxylic acids is 2. The number of amides is 2. The van der Waals surface area contributed by atoms with Crippen molar-refractivity contribution in [3.05, 3.63) is 76.8 Å². The normalized spacial score (nSPS) is 21.0. The van der Waals surface area contributed by atoms with Crippen LogP contribution in [0.15, 0.2) is 53.6 Å². The predicted octanol–water partition coefficient (Wildman–Crippen LogP) is 0.883. The van der Waals surface area contributed by atoms with Gasteiger partial charge in [0, 0.05) is 25.4 Å². The van der Waals surface area contributed by atoms with Crippen LogP contribution in [-0.2, 0) is 12.2 Å². The van der Waals surface area contributed by atoms with Crippen LogP contribution < -0.4 is 4.73 Å². The van der Waals surface area contributed by atoms with Gasteiger partial charge in [0.2, 0.25) is 0 Å². The van der Waals surface area contributed by atoms with Crippen molar-refractivity contribution in [1.82, 2.24) is 19.5 Å². The third-order valence-electron chi connectivity index (χ3n) is 5.59. The number of rotatable bonds is 2. The van der Waals surface area contributed by atoms with E-state index in [-0.39, 0.29) is 11.8 Å². The second-order valence-electron chi connectivity index (χ2n) is 7.02. The molecule has 0 aromatic carbocycles. The van der Waals surface area contributed by atoms with Crippen LogP contribution in [0.25, 0.3) is 0 Å². The van der Waals surface area contributed by atoms with Crippen LogP contribution in [0, 0.1) is 12.1 Å². The maximum absolute atomic E-state index is 13.4. The lowest BCUT2D eigenvalue weighted by Gasteiger charge is -2.46. The van der Waals surface area contributed by atoms with E-state index in [1.54, 1.807) is 41.0 Å². The van der Waals surface area contributed by atoms with Crippen LogP contribution in [-0.4, -0.2) is 44.4 Å². The van der Waals surface area contributed by atoms with Gasteiger partial charge < -0.3 is 24.1 Å². The molecule has 0 radical (unpaired) electrons. The zero-order chi connectivity index (χ0) is 19.5. The fourth-order valence-electron chi connectivity index (χ4n) is 4.28. The Labute approximate surface area is 159 Å². The number of aromatic nitrogens is 3. The van der Waals surface area contributed by atoms with Crippen molar-refractivity contribution in [2.45, 2.75) is 19.1 Å². The number of hydrogen-bond donors (Lipinski definition) is 0. The number of hydrogen-bond acceptors (Lipinski definition) is 5. The molecule has 9 heteroatoms. The van der Waals surface area contributed by atoms with E-state index in [4.69, 9.17) is 4.52 Å². The van der Waals surface area contributed by atoms with Gasteiger partial charge in [-0.2, -0.15) is 4.73 Å². The largest absolute Gasteiger partial charge is 0.619 e. The van der Waals surface area contributed by atoms with Crippen LogP contribution in [0.5, 0.6) is 0 Å². The highest BCUT2D eigenvalue weighted by Gasteiger charge is 2.57. The Bertz CT molecular complexity index is 1100. The van der Waals surface area contributed by atoms with E-state index in [1.807, 2.05) is 10.8 Å². The first-order valence-electron chi connectivity index (χ1n) is 8.92. The molecule has 5 heterocycles. The minimum absolute atomic E-state index is 0.171. The molecule has 9 nitrogen and oxygen atoms in total. The molecule has 0 bridgehead atoms. The van der Waals surface area contributed by atoms with Crippen molar-refractivity contribution in [2.75, 3.05) is 13.1 Å². The molecule has 0 N–H and O–H groups in total. The molecule has 1 atom stereocenters. The molecule has 3 aromatic rings. The van der Waals surface area contributed by atoms with Crippen molar-refractivity contribution in [3.63, 3.8) is 0 Å². The highest BCUT2D eigenvalue weighted by atomic mass is 16.5. The van der Waals surface area contributed by atoms with Crippen molar-refractivity contribution < 1.29 is 18.8 Å². The lowest BCUT2D eigenvalue weighted by Crippen LogP contribution is -2.60. The van der Waals surface area contributed by atoms with Gasteiger partial charge in [0.05, 0.1) is 17.8 Å². The molecule has 1 unspecified atom stereocenters. The van der Waals surface area contributed by atoms with E-state index in [0.717, 1.165) is 0 Å². The minimum Gasteiger partial charge on any atom is -0.619 e. The first-order chi connectivity index (χ1) is 13.5. The van der Waals surface area contributed by atoms with Gasteiger partial charge in [-0.05, 0) is 25.1 Å². The first-order valence-corrected chi connectivity index (χ1v) is 8.92. The Morgan fingerprint density at radius 3 is 2.93 bits per heavy atom. The lowest BCUT2D eigenvalue weighted by atomic mass is 9.95. The molecule has 1 fully saturated rings. The van der Waals surface area contributed by atoms with E-state index in [0.29, 0.717) is 46.9 Å². The molecule has 0 saturated carbocycles. The van der Waals surface area contributed by atoms with Gasteiger partial charge in [-0.3, -0.25) is 9.59 Å². The van der Waals surface area contributed by atoms with Crippen LogP contribution in [0.3, 0.4) is 0 Å². The third-order valence-corrected chi connectivity index (χ3v) is 5.59. The number of nitrogens with zero attached hydrogens (tertiary/aromatic N) is 5. The van der Waals surface area contributed by atoms with Gasteiger partial charge >= 0.3 is 0 Å². The summed E-state index contributed by atoms with van der Waals surface area (Å²) in [6.07, 6.45) is 5.92. The highest BCUT2D eigenvalue weighted by Crippen LogP contribution is 2.43. The quantitative estimate of drug-likeness (QED) is 0.486. The summed E-state index contributed by atoms with van der Waals surface area (Å²) in [5.74, 6) is -0.458. The Hall–Kier alpha value is -3.62. The molecule has 0 aliphatic carbocycles. The maximum atomic E-state index is 13.4. The van der Waals surface area contributed by atoms with E-state index < -0.39 is 5.66 Å². The summed E-state index contributed by atoms with van der Waals surface area (Å²) >= 11 is 0. The van der Waals surface area contributed by atoms with E-state index >= 15 is 0 Å². The predicted molar refractivity (Wildman–Crippen MR) is 94.8 cm³/mol. The van der Waals surface area contributed by atoms with Crippen LogP contribution in [0.4, 0.5) is 0 Å². The highest BCUT2D eigenvalue weighted by molar-refractivity contribution is 5.98. The Balaban J connectivity index is 1.72. The molecule has 1 saturated heterocycles. The number of carbonyl (C=O) groups is 2. The SMILES string of the molecule is Cc1nocc1C(=O)N1CCN2C(=O)c3cccn3CC12c1ccc[n+]([O-])c1. The van der Waals surface area contributed by atoms with Gasteiger partial charge in [0.15, 0.2) is 18.1 Å². The molecule has 5 rings (SSSR count). The number of pyridine rings is 1. The van der Waals surface area contributed by atoms with Crippen molar-refractivity contribution >= 4 is 11.8 Å². The minimum atomic E-state index is -1.10. The van der Waals surface area contributed by atoms with Crippen molar-refractivity contribution in [3.8, 4) is 0 Å². The zero-order valence-corrected chi connectivity index (χ0v) is 15.1. The smallest absolute Gasteiger partial charge is 0.272 e. The van der Waals surface area contributed by atoms with Gasteiger partial charge in [-0.15, -0.1) is 0 Å². The summed E-state index contributed by atoms with van der Waals surface area (Å²) in [4.78, 5) is 29.9. The summed E-state index contributed by atoms with van der Waals surface area (Å²) < 4.78 is 7.46. The average Bonchev–Trinajstić information content (AvgIpc) is 3.40. The van der Waals surface area contributed by atoms with E-state index in [2.05, 4.69) is 5.16 Å².